The molecular formula is C15H19N3O2. The summed E-state index contributed by atoms with van der Waals surface area (Å²) in [6.07, 6.45) is 6.90. The number of pyridine rings is 2. The zero-order chi connectivity index (χ0) is 14.0. The molecule has 0 amide bonds. The van der Waals surface area contributed by atoms with E-state index in [2.05, 4.69) is 14.9 Å². The minimum absolute atomic E-state index is 0.649. The maximum Gasteiger partial charge on any atom is 0.122 e. The predicted octanol–water partition coefficient (Wildman–Crippen LogP) is 1.87. The normalized spacial score (nSPS) is 10.5. The third kappa shape index (κ3) is 5.24. The summed E-state index contributed by atoms with van der Waals surface area (Å²) >= 11 is 0. The summed E-state index contributed by atoms with van der Waals surface area (Å²) < 4.78 is 11.2. The molecule has 0 unspecified atom stereocenters. The molecule has 0 aliphatic rings. The summed E-state index contributed by atoms with van der Waals surface area (Å²) in [4.78, 5) is 10.1. The van der Waals surface area contributed by atoms with Gasteiger partial charge in [-0.15, -0.1) is 0 Å². The lowest BCUT2D eigenvalue weighted by Gasteiger charge is -2.17. The van der Waals surface area contributed by atoms with E-state index in [1.165, 1.54) is 0 Å². The lowest BCUT2D eigenvalue weighted by atomic mass is 10.4. The van der Waals surface area contributed by atoms with Crippen molar-refractivity contribution in [1.29, 1.82) is 0 Å². The minimum atomic E-state index is 0.649. The van der Waals surface area contributed by atoms with Crippen LogP contribution in [0.3, 0.4) is 0 Å². The molecule has 0 fully saturated rings. The second-order valence-corrected chi connectivity index (χ2v) is 4.37. The molecule has 2 heterocycles. The summed E-state index contributed by atoms with van der Waals surface area (Å²) in [7, 11) is 2.05. The van der Waals surface area contributed by atoms with Crippen LogP contribution >= 0.6 is 0 Å². The average molecular weight is 273 g/mol. The number of rotatable bonds is 8. The van der Waals surface area contributed by atoms with Gasteiger partial charge in [-0.1, -0.05) is 0 Å². The molecule has 0 saturated heterocycles. The molecule has 0 N–H and O–H groups in total. The third-order valence-electron chi connectivity index (χ3n) is 2.78. The Morgan fingerprint density at radius 2 is 1.20 bits per heavy atom. The third-order valence-corrected chi connectivity index (χ3v) is 2.78. The van der Waals surface area contributed by atoms with Crippen LogP contribution in [-0.2, 0) is 0 Å². The Morgan fingerprint density at radius 1 is 0.800 bits per heavy atom. The zero-order valence-corrected chi connectivity index (χ0v) is 11.6. The van der Waals surface area contributed by atoms with E-state index in [-0.39, 0.29) is 0 Å². The molecule has 2 aromatic rings. The maximum atomic E-state index is 5.61. The van der Waals surface area contributed by atoms with Crippen LogP contribution in [0.2, 0.25) is 0 Å². The van der Waals surface area contributed by atoms with E-state index < -0.39 is 0 Å². The van der Waals surface area contributed by atoms with Gasteiger partial charge in [-0.3, -0.25) is 14.9 Å². The van der Waals surface area contributed by atoms with Gasteiger partial charge in [0.05, 0.1) is 0 Å². The molecule has 2 aromatic heterocycles. The van der Waals surface area contributed by atoms with E-state index in [4.69, 9.17) is 9.47 Å². The molecular weight excluding hydrogens is 254 g/mol. The van der Waals surface area contributed by atoms with Gasteiger partial charge >= 0.3 is 0 Å². The molecule has 0 atom stereocenters. The Morgan fingerprint density at radius 3 is 1.60 bits per heavy atom. The minimum Gasteiger partial charge on any atom is -0.492 e. The fourth-order valence-electron chi connectivity index (χ4n) is 1.62. The van der Waals surface area contributed by atoms with Crippen LogP contribution in [0.5, 0.6) is 11.5 Å². The second kappa shape index (κ2) is 8.12. The smallest absolute Gasteiger partial charge is 0.122 e. The lowest BCUT2D eigenvalue weighted by Crippen LogP contribution is -2.28. The molecule has 5 nitrogen and oxygen atoms in total. The first-order chi connectivity index (χ1) is 9.84. The molecule has 106 valence electrons. The van der Waals surface area contributed by atoms with Gasteiger partial charge in [-0.25, -0.2) is 0 Å². The fourth-order valence-corrected chi connectivity index (χ4v) is 1.62. The number of nitrogens with zero attached hydrogens (tertiary/aromatic N) is 3. The zero-order valence-electron chi connectivity index (χ0n) is 11.6. The molecule has 0 radical (unpaired) electrons. The predicted molar refractivity (Wildman–Crippen MR) is 77.0 cm³/mol. The largest absolute Gasteiger partial charge is 0.492 e. The van der Waals surface area contributed by atoms with E-state index in [1.54, 1.807) is 24.8 Å². The molecule has 0 bridgehead atoms. The van der Waals surface area contributed by atoms with E-state index in [0.29, 0.717) is 13.2 Å². The number of aromatic nitrogens is 2. The SMILES string of the molecule is CN(CCOc1ccncc1)CCOc1ccncc1. The highest BCUT2D eigenvalue weighted by Gasteiger charge is 2.00. The summed E-state index contributed by atoms with van der Waals surface area (Å²) in [6, 6.07) is 7.41. The molecule has 0 aromatic carbocycles. The van der Waals surface area contributed by atoms with Crippen molar-refractivity contribution in [2.75, 3.05) is 33.4 Å². The van der Waals surface area contributed by atoms with E-state index >= 15 is 0 Å². The van der Waals surface area contributed by atoms with Crippen molar-refractivity contribution in [3.63, 3.8) is 0 Å². The first-order valence-corrected chi connectivity index (χ1v) is 6.59. The van der Waals surface area contributed by atoms with Crippen LogP contribution < -0.4 is 9.47 Å². The number of ether oxygens (including phenoxy) is 2. The van der Waals surface area contributed by atoms with Crippen LogP contribution in [0.4, 0.5) is 0 Å². The standard InChI is InChI=1S/C15H19N3O2/c1-18(10-12-19-14-2-6-16-7-3-14)11-13-20-15-4-8-17-9-5-15/h2-9H,10-13H2,1H3. The molecule has 2 rings (SSSR count). The average Bonchev–Trinajstić information content (AvgIpc) is 2.49. The fraction of sp³-hybridized carbons (Fsp3) is 0.333. The number of hydrogen-bond donors (Lipinski definition) is 0. The number of likely N-dealkylation sites (N-methyl/N-ethyl adjacent to an activating group) is 1. The molecule has 0 aliphatic heterocycles. The van der Waals surface area contributed by atoms with E-state index in [1.807, 2.05) is 31.3 Å². The van der Waals surface area contributed by atoms with Crippen molar-refractivity contribution in [2.45, 2.75) is 0 Å². The van der Waals surface area contributed by atoms with E-state index in [0.717, 1.165) is 24.6 Å². The van der Waals surface area contributed by atoms with Gasteiger partial charge in [0.15, 0.2) is 0 Å². The molecule has 5 heteroatoms. The number of hydrogen-bond acceptors (Lipinski definition) is 5. The molecule has 0 saturated carbocycles. The Balaban J connectivity index is 1.58. The van der Waals surface area contributed by atoms with Crippen molar-refractivity contribution in [1.82, 2.24) is 14.9 Å². The maximum absolute atomic E-state index is 5.61. The van der Waals surface area contributed by atoms with Gasteiger partial charge in [0.2, 0.25) is 0 Å². The Bertz CT molecular complexity index is 433. The van der Waals surface area contributed by atoms with Gasteiger partial charge in [0.1, 0.15) is 24.7 Å². The van der Waals surface area contributed by atoms with Gasteiger partial charge in [-0.2, -0.15) is 0 Å². The van der Waals surface area contributed by atoms with E-state index in [9.17, 15) is 0 Å². The van der Waals surface area contributed by atoms with Crippen LogP contribution in [0.25, 0.3) is 0 Å². The highest BCUT2D eigenvalue weighted by atomic mass is 16.5. The second-order valence-electron chi connectivity index (χ2n) is 4.37. The molecule has 20 heavy (non-hydrogen) atoms. The van der Waals surface area contributed by atoms with Gasteiger partial charge in [0.25, 0.3) is 0 Å². The summed E-state index contributed by atoms with van der Waals surface area (Å²) in [5.41, 5.74) is 0. The first kappa shape index (κ1) is 14.3. The monoisotopic (exact) mass is 273 g/mol. The highest BCUT2D eigenvalue weighted by Crippen LogP contribution is 2.07. The van der Waals surface area contributed by atoms with Crippen molar-refractivity contribution in [2.24, 2.45) is 0 Å². The topological polar surface area (TPSA) is 47.5 Å². The van der Waals surface area contributed by atoms with Crippen molar-refractivity contribution < 1.29 is 9.47 Å². The van der Waals surface area contributed by atoms with Crippen LogP contribution in [0, 0.1) is 0 Å². The highest BCUT2D eigenvalue weighted by molar-refractivity contribution is 5.17. The van der Waals surface area contributed by atoms with Crippen LogP contribution in [0.1, 0.15) is 0 Å². The molecule has 0 aliphatic carbocycles. The lowest BCUT2D eigenvalue weighted by molar-refractivity contribution is 0.202. The quantitative estimate of drug-likeness (QED) is 0.735. The van der Waals surface area contributed by atoms with Gasteiger partial charge in [0, 0.05) is 37.9 Å². The van der Waals surface area contributed by atoms with Gasteiger partial charge < -0.3 is 9.47 Å². The van der Waals surface area contributed by atoms with Gasteiger partial charge in [-0.05, 0) is 31.3 Å². The summed E-state index contributed by atoms with van der Waals surface area (Å²) in [6.45, 7) is 3.00. The summed E-state index contributed by atoms with van der Waals surface area (Å²) in [5, 5.41) is 0. The van der Waals surface area contributed by atoms with Crippen molar-refractivity contribution in [3.05, 3.63) is 49.1 Å². The summed E-state index contributed by atoms with van der Waals surface area (Å²) in [5.74, 6) is 1.70. The van der Waals surface area contributed by atoms with Crippen molar-refractivity contribution in [3.8, 4) is 11.5 Å². The van der Waals surface area contributed by atoms with Crippen molar-refractivity contribution >= 4 is 0 Å². The Kier molecular flexibility index (Phi) is 5.79. The Hall–Kier alpha value is -2.14. The Labute approximate surface area is 119 Å². The first-order valence-electron chi connectivity index (χ1n) is 6.59. The molecule has 0 spiro atoms. The van der Waals surface area contributed by atoms with Crippen LogP contribution in [-0.4, -0.2) is 48.2 Å². The van der Waals surface area contributed by atoms with Crippen LogP contribution in [0.15, 0.2) is 49.1 Å².